The lowest BCUT2D eigenvalue weighted by molar-refractivity contribution is -0.165. The number of nitrogens with two attached hydrogens (primary N) is 1. The SMILES string of the molecule is CCOC(=O)[C@](O)(CN)c1cc(Br)ccc1F. The van der Waals surface area contributed by atoms with Gasteiger partial charge < -0.3 is 15.6 Å². The zero-order valence-electron chi connectivity index (χ0n) is 9.24. The second-order valence-corrected chi connectivity index (χ2v) is 4.32. The van der Waals surface area contributed by atoms with Gasteiger partial charge in [-0.3, -0.25) is 0 Å². The number of ether oxygens (including phenoxy) is 1. The molecule has 0 aromatic heterocycles. The molecule has 1 aromatic carbocycles. The number of benzene rings is 1. The summed E-state index contributed by atoms with van der Waals surface area (Å²) in [6.45, 7) is 1.21. The molecule has 4 nitrogen and oxygen atoms in total. The Morgan fingerprint density at radius 3 is 2.82 bits per heavy atom. The first kappa shape index (κ1) is 14.1. The quantitative estimate of drug-likeness (QED) is 0.822. The van der Waals surface area contributed by atoms with Gasteiger partial charge in [-0.15, -0.1) is 0 Å². The van der Waals surface area contributed by atoms with Crippen LogP contribution in [0, 0.1) is 5.82 Å². The van der Waals surface area contributed by atoms with Crippen molar-refractivity contribution in [2.24, 2.45) is 5.73 Å². The topological polar surface area (TPSA) is 72.5 Å². The standard InChI is InChI=1S/C11H13BrFNO3/c1-2-17-10(15)11(16,6-14)8-5-7(12)3-4-9(8)13/h3-5,16H,2,6,14H2,1H3/t11-/m0/s1. The van der Waals surface area contributed by atoms with Gasteiger partial charge in [0.05, 0.1) is 6.61 Å². The van der Waals surface area contributed by atoms with Crippen LogP contribution in [-0.2, 0) is 15.1 Å². The van der Waals surface area contributed by atoms with E-state index in [2.05, 4.69) is 15.9 Å². The van der Waals surface area contributed by atoms with Crippen molar-refractivity contribution < 1.29 is 19.0 Å². The van der Waals surface area contributed by atoms with E-state index in [9.17, 15) is 14.3 Å². The van der Waals surface area contributed by atoms with Crippen LogP contribution in [0.15, 0.2) is 22.7 Å². The molecule has 1 atom stereocenters. The predicted octanol–water partition coefficient (Wildman–Crippen LogP) is 1.30. The summed E-state index contributed by atoms with van der Waals surface area (Å²) in [5.41, 5.74) is 2.99. The van der Waals surface area contributed by atoms with E-state index in [-0.39, 0.29) is 12.2 Å². The van der Waals surface area contributed by atoms with Crippen LogP contribution in [-0.4, -0.2) is 24.2 Å². The van der Waals surface area contributed by atoms with Crippen molar-refractivity contribution in [3.8, 4) is 0 Å². The number of aliphatic hydroxyl groups is 1. The Labute approximate surface area is 107 Å². The second-order valence-electron chi connectivity index (χ2n) is 3.41. The molecule has 17 heavy (non-hydrogen) atoms. The molecular formula is C11H13BrFNO3. The molecule has 0 aliphatic rings. The highest BCUT2D eigenvalue weighted by molar-refractivity contribution is 9.10. The fourth-order valence-electron chi connectivity index (χ4n) is 1.37. The average Bonchev–Trinajstić information content (AvgIpc) is 2.31. The molecule has 0 radical (unpaired) electrons. The van der Waals surface area contributed by atoms with E-state index >= 15 is 0 Å². The van der Waals surface area contributed by atoms with Crippen molar-refractivity contribution in [2.45, 2.75) is 12.5 Å². The molecule has 0 spiro atoms. The van der Waals surface area contributed by atoms with Gasteiger partial charge in [-0.1, -0.05) is 15.9 Å². The van der Waals surface area contributed by atoms with Crippen molar-refractivity contribution in [3.63, 3.8) is 0 Å². The number of carbonyl (C=O) groups is 1. The van der Waals surface area contributed by atoms with Crippen molar-refractivity contribution in [3.05, 3.63) is 34.1 Å². The number of esters is 1. The Morgan fingerprint density at radius 2 is 2.29 bits per heavy atom. The maximum Gasteiger partial charge on any atom is 0.344 e. The summed E-state index contributed by atoms with van der Waals surface area (Å²) in [5.74, 6) is -1.67. The van der Waals surface area contributed by atoms with Crippen LogP contribution in [0.5, 0.6) is 0 Å². The maximum atomic E-state index is 13.6. The molecule has 0 aliphatic carbocycles. The van der Waals surface area contributed by atoms with E-state index in [4.69, 9.17) is 10.5 Å². The minimum absolute atomic E-state index is 0.0801. The molecule has 94 valence electrons. The Bertz CT molecular complexity index is 427. The van der Waals surface area contributed by atoms with Gasteiger partial charge in [-0.25, -0.2) is 9.18 Å². The summed E-state index contributed by atoms with van der Waals surface area (Å²) < 4.78 is 18.8. The molecule has 0 bridgehead atoms. The second kappa shape index (κ2) is 5.57. The Kier molecular flexibility index (Phi) is 4.62. The molecule has 0 amide bonds. The first-order valence-corrected chi connectivity index (χ1v) is 5.80. The fraction of sp³-hybridized carbons (Fsp3) is 0.364. The number of rotatable bonds is 4. The van der Waals surface area contributed by atoms with Crippen LogP contribution >= 0.6 is 15.9 Å². The zero-order valence-corrected chi connectivity index (χ0v) is 10.8. The fourth-order valence-corrected chi connectivity index (χ4v) is 1.73. The van der Waals surface area contributed by atoms with E-state index < -0.39 is 23.9 Å². The molecule has 6 heteroatoms. The highest BCUT2D eigenvalue weighted by atomic mass is 79.9. The van der Waals surface area contributed by atoms with Gasteiger partial charge in [-0.05, 0) is 25.1 Å². The van der Waals surface area contributed by atoms with E-state index in [1.807, 2.05) is 0 Å². The lowest BCUT2D eigenvalue weighted by Gasteiger charge is -2.25. The van der Waals surface area contributed by atoms with E-state index in [1.54, 1.807) is 6.92 Å². The van der Waals surface area contributed by atoms with E-state index in [0.717, 1.165) is 6.07 Å². The minimum atomic E-state index is -2.16. The van der Waals surface area contributed by atoms with Gasteiger partial charge in [0.25, 0.3) is 0 Å². The van der Waals surface area contributed by atoms with Crippen LogP contribution in [0.4, 0.5) is 4.39 Å². The largest absolute Gasteiger partial charge is 0.464 e. The Balaban J connectivity index is 3.24. The third-order valence-electron chi connectivity index (χ3n) is 2.28. The molecule has 0 fully saturated rings. The molecule has 0 unspecified atom stereocenters. The zero-order chi connectivity index (χ0) is 13.1. The number of hydrogen-bond donors (Lipinski definition) is 2. The van der Waals surface area contributed by atoms with E-state index in [1.165, 1.54) is 12.1 Å². The average molecular weight is 306 g/mol. The molecule has 1 rings (SSSR count). The maximum absolute atomic E-state index is 13.6. The molecule has 1 aromatic rings. The molecule has 0 saturated heterocycles. The summed E-state index contributed by atoms with van der Waals surface area (Å²) in [7, 11) is 0. The van der Waals surface area contributed by atoms with Gasteiger partial charge in [0.1, 0.15) is 5.82 Å². The molecular weight excluding hydrogens is 293 g/mol. The van der Waals surface area contributed by atoms with Crippen LogP contribution in [0.25, 0.3) is 0 Å². The first-order chi connectivity index (χ1) is 7.95. The summed E-state index contributed by atoms with van der Waals surface area (Å²) >= 11 is 3.14. The van der Waals surface area contributed by atoms with E-state index in [0.29, 0.717) is 4.47 Å². The molecule has 0 saturated carbocycles. The Morgan fingerprint density at radius 1 is 1.65 bits per heavy atom. The molecule has 0 heterocycles. The first-order valence-electron chi connectivity index (χ1n) is 5.01. The van der Waals surface area contributed by atoms with Gasteiger partial charge in [0.15, 0.2) is 0 Å². The summed E-state index contributed by atoms with van der Waals surface area (Å²) in [6, 6.07) is 3.90. The monoisotopic (exact) mass is 305 g/mol. The van der Waals surface area contributed by atoms with Crippen LogP contribution in [0.1, 0.15) is 12.5 Å². The molecule has 3 N–H and O–H groups in total. The number of halogens is 2. The summed E-state index contributed by atoms with van der Waals surface area (Å²) in [4.78, 5) is 11.6. The van der Waals surface area contributed by atoms with Crippen molar-refractivity contribution >= 4 is 21.9 Å². The van der Waals surface area contributed by atoms with Crippen molar-refractivity contribution in [2.75, 3.05) is 13.2 Å². The summed E-state index contributed by atoms with van der Waals surface area (Å²) in [5, 5.41) is 10.1. The van der Waals surface area contributed by atoms with Crippen LogP contribution < -0.4 is 5.73 Å². The van der Waals surface area contributed by atoms with Crippen LogP contribution in [0.2, 0.25) is 0 Å². The number of hydrogen-bond acceptors (Lipinski definition) is 4. The lowest BCUT2D eigenvalue weighted by atomic mass is 9.93. The smallest absolute Gasteiger partial charge is 0.344 e. The third-order valence-corrected chi connectivity index (χ3v) is 2.78. The van der Waals surface area contributed by atoms with Gasteiger partial charge in [0, 0.05) is 16.6 Å². The van der Waals surface area contributed by atoms with Crippen molar-refractivity contribution in [1.82, 2.24) is 0 Å². The van der Waals surface area contributed by atoms with Crippen molar-refractivity contribution in [1.29, 1.82) is 0 Å². The highest BCUT2D eigenvalue weighted by Crippen LogP contribution is 2.27. The third kappa shape index (κ3) is 2.83. The Hall–Kier alpha value is -0.980. The van der Waals surface area contributed by atoms with Crippen LogP contribution in [0.3, 0.4) is 0 Å². The normalized spacial score (nSPS) is 14.2. The number of carbonyl (C=O) groups excluding carboxylic acids is 1. The summed E-state index contributed by atoms with van der Waals surface area (Å²) in [6.07, 6.45) is 0. The lowest BCUT2D eigenvalue weighted by Crippen LogP contribution is -2.44. The predicted molar refractivity (Wildman–Crippen MR) is 63.7 cm³/mol. The highest BCUT2D eigenvalue weighted by Gasteiger charge is 2.40. The van der Waals surface area contributed by atoms with Gasteiger partial charge in [0.2, 0.25) is 5.60 Å². The molecule has 0 aliphatic heterocycles. The van der Waals surface area contributed by atoms with Gasteiger partial charge in [-0.2, -0.15) is 0 Å². The van der Waals surface area contributed by atoms with Gasteiger partial charge >= 0.3 is 5.97 Å². The minimum Gasteiger partial charge on any atom is -0.464 e.